The molecule has 1 aromatic carbocycles. The molecular weight excluding hydrogens is 305 g/mol. The maximum absolute atomic E-state index is 13.2. The highest BCUT2D eigenvalue weighted by molar-refractivity contribution is 9.10. The summed E-state index contributed by atoms with van der Waals surface area (Å²) >= 11 is 9.35. The monoisotopic (exact) mass is 319 g/mol. The summed E-state index contributed by atoms with van der Waals surface area (Å²) in [5.41, 5.74) is 1.01. The lowest BCUT2D eigenvalue weighted by atomic mass is 10.00. The van der Waals surface area contributed by atoms with Gasteiger partial charge in [0.15, 0.2) is 0 Å². The molecule has 0 radical (unpaired) electrons. The SMILES string of the molecule is Fc1cc(Br)cc(CNC2(CCl)CCCC2)c1. The Morgan fingerprint density at radius 1 is 1.29 bits per heavy atom. The number of halogens is 3. The van der Waals surface area contributed by atoms with Crippen molar-refractivity contribution in [3.8, 4) is 0 Å². The number of hydrogen-bond acceptors (Lipinski definition) is 1. The van der Waals surface area contributed by atoms with E-state index < -0.39 is 0 Å². The largest absolute Gasteiger partial charge is 0.306 e. The fraction of sp³-hybridized carbons (Fsp3) is 0.538. The molecule has 0 atom stereocenters. The fourth-order valence-electron chi connectivity index (χ4n) is 2.41. The van der Waals surface area contributed by atoms with E-state index in [-0.39, 0.29) is 11.4 Å². The maximum atomic E-state index is 13.2. The van der Waals surface area contributed by atoms with Crippen LogP contribution in [0.1, 0.15) is 31.2 Å². The molecule has 0 aromatic heterocycles. The molecule has 0 spiro atoms. The van der Waals surface area contributed by atoms with Gasteiger partial charge in [-0.2, -0.15) is 0 Å². The summed E-state index contributed by atoms with van der Waals surface area (Å²) in [5.74, 6) is 0.422. The number of benzene rings is 1. The predicted octanol–water partition coefficient (Wildman–Crippen LogP) is 4.23. The molecule has 94 valence electrons. The average Bonchev–Trinajstić information content (AvgIpc) is 2.74. The van der Waals surface area contributed by atoms with Gasteiger partial charge in [-0.15, -0.1) is 11.6 Å². The molecule has 17 heavy (non-hydrogen) atoms. The average molecular weight is 321 g/mol. The van der Waals surface area contributed by atoms with Crippen molar-refractivity contribution in [2.45, 2.75) is 37.8 Å². The third kappa shape index (κ3) is 3.43. The standard InChI is InChI=1S/C13H16BrClFN/c14-11-5-10(6-12(16)7-11)8-17-13(9-15)3-1-2-4-13/h5-7,17H,1-4,8-9H2. The molecule has 0 saturated heterocycles. The van der Waals surface area contributed by atoms with Gasteiger partial charge in [-0.1, -0.05) is 28.8 Å². The molecule has 1 aromatic rings. The summed E-state index contributed by atoms with van der Waals surface area (Å²) in [6, 6.07) is 4.97. The van der Waals surface area contributed by atoms with Gasteiger partial charge >= 0.3 is 0 Å². The summed E-state index contributed by atoms with van der Waals surface area (Å²) in [6.07, 6.45) is 4.69. The molecular formula is C13H16BrClFN. The molecule has 1 aliphatic rings. The fourth-order valence-corrected chi connectivity index (χ4v) is 3.29. The highest BCUT2D eigenvalue weighted by Gasteiger charge is 2.32. The Kier molecular flexibility index (Phi) is 4.45. The third-order valence-corrected chi connectivity index (χ3v) is 4.38. The predicted molar refractivity (Wildman–Crippen MR) is 72.9 cm³/mol. The Morgan fingerprint density at radius 2 is 2.00 bits per heavy atom. The van der Waals surface area contributed by atoms with Gasteiger partial charge in [-0.3, -0.25) is 0 Å². The van der Waals surface area contributed by atoms with Gasteiger partial charge in [0.1, 0.15) is 5.82 Å². The van der Waals surface area contributed by atoms with Crippen LogP contribution >= 0.6 is 27.5 Å². The Balaban J connectivity index is 2.01. The normalized spacial score (nSPS) is 18.5. The minimum absolute atomic E-state index is 0.0559. The van der Waals surface area contributed by atoms with Crippen LogP contribution in [0.4, 0.5) is 4.39 Å². The van der Waals surface area contributed by atoms with Crippen LogP contribution in [0.15, 0.2) is 22.7 Å². The molecule has 1 saturated carbocycles. The smallest absolute Gasteiger partial charge is 0.124 e. The van der Waals surface area contributed by atoms with Crippen molar-refractivity contribution >= 4 is 27.5 Å². The van der Waals surface area contributed by atoms with E-state index in [2.05, 4.69) is 21.2 Å². The van der Waals surface area contributed by atoms with E-state index in [0.717, 1.165) is 22.9 Å². The molecule has 0 unspecified atom stereocenters. The van der Waals surface area contributed by atoms with E-state index in [1.807, 2.05) is 6.07 Å². The van der Waals surface area contributed by atoms with Crippen LogP contribution in [0.3, 0.4) is 0 Å². The van der Waals surface area contributed by atoms with E-state index >= 15 is 0 Å². The Bertz CT molecular complexity index is 371. The van der Waals surface area contributed by atoms with Gasteiger partial charge in [-0.25, -0.2) is 4.39 Å². The van der Waals surface area contributed by atoms with Crippen LogP contribution in [-0.4, -0.2) is 11.4 Å². The second kappa shape index (κ2) is 5.68. The Morgan fingerprint density at radius 3 is 2.59 bits per heavy atom. The second-order valence-electron chi connectivity index (χ2n) is 4.75. The van der Waals surface area contributed by atoms with Gasteiger partial charge in [0.05, 0.1) is 0 Å². The van der Waals surface area contributed by atoms with Crippen LogP contribution in [0.25, 0.3) is 0 Å². The zero-order chi connectivity index (χ0) is 12.3. The van der Waals surface area contributed by atoms with Gasteiger partial charge < -0.3 is 5.32 Å². The number of rotatable bonds is 4. The summed E-state index contributed by atoms with van der Waals surface area (Å²) < 4.78 is 14.0. The van der Waals surface area contributed by atoms with Gasteiger partial charge in [-0.05, 0) is 36.6 Å². The summed E-state index contributed by atoms with van der Waals surface area (Å²) in [7, 11) is 0. The summed E-state index contributed by atoms with van der Waals surface area (Å²) in [4.78, 5) is 0. The molecule has 0 amide bonds. The molecule has 1 nitrogen and oxygen atoms in total. The van der Waals surface area contributed by atoms with Crippen molar-refractivity contribution in [3.63, 3.8) is 0 Å². The lowest BCUT2D eigenvalue weighted by Gasteiger charge is -2.28. The van der Waals surface area contributed by atoms with E-state index in [1.54, 1.807) is 6.07 Å². The Labute approximate surface area is 115 Å². The molecule has 1 fully saturated rings. The molecule has 0 bridgehead atoms. The van der Waals surface area contributed by atoms with Crippen molar-refractivity contribution < 1.29 is 4.39 Å². The topological polar surface area (TPSA) is 12.0 Å². The van der Waals surface area contributed by atoms with Crippen molar-refractivity contribution in [2.24, 2.45) is 0 Å². The van der Waals surface area contributed by atoms with Crippen LogP contribution < -0.4 is 5.32 Å². The van der Waals surface area contributed by atoms with Crippen LogP contribution in [0, 0.1) is 5.82 Å². The first-order chi connectivity index (χ1) is 8.13. The van der Waals surface area contributed by atoms with Gasteiger partial charge in [0.2, 0.25) is 0 Å². The second-order valence-corrected chi connectivity index (χ2v) is 5.94. The highest BCUT2D eigenvalue weighted by Crippen LogP contribution is 2.31. The number of nitrogens with one attached hydrogen (secondary N) is 1. The minimum atomic E-state index is -0.206. The van der Waals surface area contributed by atoms with Crippen molar-refractivity contribution in [3.05, 3.63) is 34.1 Å². The van der Waals surface area contributed by atoms with Crippen molar-refractivity contribution in [1.82, 2.24) is 5.32 Å². The number of alkyl halides is 1. The quantitative estimate of drug-likeness (QED) is 0.819. The van der Waals surface area contributed by atoms with E-state index in [0.29, 0.717) is 12.4 Å². The van der Waals surface area contributed by atoms with Crippen molar-refractivity contribution in [2.75, 3.05) is 5.88 Å². The molecule has 2 rings (SSSR count). The van der Waals surface area contributed by atoms with E-state index in [4.69, 9.17) is 11.6 Å². The third-order valence-electron chi connectivity index (χ3n) is 3.41. The Hall–Kier alpha value is -0.120. The van der Waals surface area contributed by atoms with Crippen LogP contribution in [0.5, 0.6) is 0 Å². The molecule has 0 aliphatic heterocycles. The first-order valence-corrected chi connectivity index (χ1v) is 7.22. The highest BCUT2D eigenvalue weighted by atomic mass is 79.9. The zero-order valence-corrected chi connectivity index (χ0v) is 12.0. The van der Waals surface area contributed by atoms with Crippen molar-refractivity contribution in [1.29, 1.82) is 0 Å². The van der Waals surface area contributed by atoms with Gasteiger partial charge in [0, 0.05) is 22.4 Å². The first kappa shape index (κ1) is 13.3. The minimum Gasteiger partial charge on any atom is -0.306 e. The molecule has 0 heterocycles. The first-order valence-electron chi connectivity index (χ1n) is 5.90. The van der Waals surface area contributed by atoms with Crippen LogP contribution in [-0.2, 0) is 6.54 Å². The summed E-state index contributed by atoms with van der Waals surface area (Å²) in [5, 5.41) is 3.50. The molecule has 4 heteroatoms. The number of hydrogen-bond donors (Lipinski definition) is 1. The molecule has 1 aliphatic carbocycles. The van der Waals surface area contributed by atoms with Crippen LogP contribution in [0.2, 0.25) is 0 Å². The van der Waals surface area contributed by atoms with Gasteiger partial charge in [0.25, 0.3) is 0 Å². The van der Waals surface area contributed by atoms with E-state index in [1.165, 1.54) is 18.9 Å². The maximum Gasteiger partial charge on any atom is 0.124 e. The summed E-state index contributed by atoms with van der Waals surface area (Å²) in [6.45, 7) is 0.670. The molecule has 1 N–H and O–H groups in total. The van der Waals surface area contributed by atoms with E-state index in [9.17, 15) is 4.39 Å². The lowest BCUT2D eigenvalue weighted by molar-refractivity contribution is 0.367. The lowest BCUT2D eigenvalue weighted by Crippen LogP contribution is -2.43. The zero-order valence-electron chi connectivity index (χ0n) is 9.61.